The van der Waals surface area contributed by atoms with Crippen LogP contribution in [0.15, 0.2) is 40.3 Å². The van der Waals surface area contributed by atoms with Crippen molar-refractivity contribution in [2.45, 2.75) is 19.9 Å². The van der Waals surface area contributed by atoms with E-state index in [4.69, 9.17) is 11.6 Å². The fraction of sp³-hybridized carbons (Fsp3) is 0.188. The molecule has 0 aliphatic rings. The van der Waals surface area contributed by atoms with Crippen LogP contribution in [-0.2, 0) is 0 Å². The van der Waals surface area contributed by atoms with E-state index in [2.05, 4.69) is 44.6 Å². The standard InChI is InChI=1S/C16H14BrClN2S/c1-9-5-12(17)15(7-13(9)18)20-10(2)11-6-16-14(19-8-11)3-4-21-16/h3-8,10,20H,1-2H3. The second-order valence-corrected chi connectivity index (χ2v) is 7.23. The molecule has 5 heteroatoms. The van der Waals surface area contributed by atoms with E-state index in [1.54, 1.807) is 11.3 Å². The summed E-state index contributed by atoms with van der Waals surface area (Å²) in [4.78, 5) is 4.49. The molecular weight excluding hydrogens is 368 g/mol. The minimum absolute atomic E-state index is 0.152. The van der Waals surface area contributed by atoms with Gasteiger partial charge in [-0.1, -0.05) is 11.6 Å². The molecule has 21 heavy (non-hydrogen) atoms. The van der Waals surface area contributed by atoms with Crippen molar-refractivity contribution in [2.75, 3.05) is 5.32 Å². The molecule has 2 aromatic heterocycles. The fourth-order valence-corrected chi connectivity index (χ4v) is 3.70. The van der Waals surface area contributed by atoms with Crippen LogP contribution in [0.3, 0.4) is 0 Å². The zero-order valence-corrected chi connectivity index (χ0v) is 14.8. The summed E-state index contributed by atoms with van der Waals surface area (Å²) in [5.41, 5.74) is 4.26. The highest BCUT2D eigenvalue weighted by Crippen LogP contribution is 2.32. The Morgan fingerprint density at radius 2 is 2.14 bits per heavy atom. The molecule has 1 aromatic carbocycles. The normalized spacial score (nSPS) is 12.6. The molecule has 0 radical (unpaired) electrons. The number of fused-ring (bicyclic) bond motifs is 1. The van der Waals surface area contributed by atoms with E-state index >= 15 is 0 Å². The maximum atomic E-state index is 6.21. The van der Waals surface area contributed by atoms with Crippen molar-refractivity contribution in [1.82, 2.24) is 4.98 Å². The van der Waals surface area contributed by atoms with Gasteiger partial charge in [0.2, 0.25) is 0 Å². The van der Waals surface area contributed by atoms with Gasteiger partial charge in [-0.3, -0.25) is 4.98 Å². The minimum atomic E-state index is 0.152. The summed E-state index contributed by atoms with van der Waals surface area (Å²) >= 11 is 11.5. The third-order valence-electron chi connectivity index (χ3n) is 3.44. The highest BCUT2D eigenvalue weighted by Gasteiger charge is 2.11. The highest BCUT2D eigenvalue weighted by molar-refractivity contribution is 9.10. The van der Waals surface area contributed by atoms with Crippen molar-refractivity contribution in [3.05, 3.63) is 56.5 Å². The number of benzene rings is 1. The first-order chi connectivity index (χ1) is 10.0. The number of nitrogens with zero attached hydrogens (tertiary/aromatic N) is 1. The van der Waals surface area contributed by atoms with Gasteiger partial charge < -0.3 is 5.32 Å². The van der Waals surface area contributed by atoms with Crippen LogP contribution >= 0.6 is 38.9 Å². The van der Waals surface area contributed by atoms with Gasteiger partial charge in [-0.2, -0.15) is 0 Å². The van der Waals surface area contributed by atoms with E-state index in [0.717, 1.165) is 31.8 Å². The molecule has 108 valence electrons. The van der Waals surface area contributed by atoms with Crippen molar-refractivity contribution in [1.29, 1.82) is 0 Å². The molecule has 0 amide bonds. The van der Waals surface area contributed by atoms with Gasteiger partial charge in [0.05, 0.1) is 21.9 Å². The topological polar surface area (TPSA) is 24.9 Å². The number of aromatic nitrogens is 1. The molecule has 0 spiro atoms. The maximum absolute atomic E-state index is 6.21. The molecule has 0 saturated carbocycles. The first-order valence-corrected chi connectivity index (χ1v) is 8.65. The van der Waals surface area contributed by atoms with Crippen LogP contribution in [0.25, 0.3) is 10.2 Å². The summed E-state index contributed by atoms with van der Waals surface area (Å²) in [5.74, 6) is 0. The van der Waals surface area contributed by atoms with E-state index in [1.807, 2.05) is 31.3 Å². The van der Waals surface area contributed by atoms with E-state index < -0.39 is 0 Å². The molecule has 3 rings (SSSR count). The maximum Gasteiger partial charge on any atom is 0.0809 e. The number of pyridine rings is 1. The van der Waals surface area contributed by atoms with Gasteiger partial charge in [0.25, 0.3) is 0 Å². The van der Waals surface area contributed by atoms with Crippen molar-refractivity contribution >= 4 is 54.8 Å². The summed E-state index contributed by atoms with van der Waals surface area (Å²) in [6, 6.07) is 8.36. The van der Waals surface area contributed by atoms with Crippen molar-refractivity contribution < 1.29 is 0 Å². The first-order valence-electron chi connectivity index (χ1n) is 6.60. The molecule has 0 aliphatic heterocycles. The summed E-state index contributed by atoms with van der Waals surface area (Å²) in [5, 5.41) is 6.31. The van der Waals surface area contributed by atoms with Gasteiger partial charge in [0.1, 0.15) is 0 Å². The molecule has 0 bridgehead atoms. The summed E-state index contributed by atoms with van der Waals surface area (Å²) in [6.45, 7) is 4.12. The average Bonchev–Trinajstić information content (AvgIpc) is 2.92. The van der Waals surface area contributed by atoms with E-state index in [0.29, 0.717) is 0 Å². The number of nitrogens with one attached hydrogen (secondary N) is 1. The van der Waals surface area contributed by atoms with E-state index in [1.165, 1.54) is 4.70 Å². The van der Waals surface area contributed by atoms with Gasteiger partial charge in [-0.05, 0) is 70.5 Å². The zero-order valence-electron chi connectivity index (χ0n) is 11.7. The molecule has 0 aliphatic carbocycles. The monoisotopic (exact) mass is 380 g/mol. The van der Waals surface area contributed by atoms with Gasteiger partial charge >= 0.3 is 0 Å². The first kappa shape index (κ1) is 14.8. The lowest BCUT2D eigenvalue weighted by atomic mass is 10.1. The third-order valence-corrected chi connectivity index (χ3v) is 5.36. The van der Waals surface area contributed by atoms with Gasteiger partial charge in [0.15, 0.2) is 0 Å². The van der Waals surface area contributed by atoms with Crippen LogP contribution in [0.4, 0.5) is 5.69 Å². The minimum Gasteiger partial charge on any atom is -0.378 e. The SMILES string of the molecule is Cc1cc(Br)c(NC(C)c2cnc3ccsc3c2)cc1Cl. The number of anilines is 1. The molecule has 0 saturated heterocycles. The molecule has 1 unspecified atom stereocenters. The lowest BCUT2D eigenvalue weighted by molar-refractivity contribution is 0.879. The van der Waals surface area contributed by atoms with Crippen LogP contribution in [0, 0.1) is 6.92 Å². The predicted molar refractivity (Wildman–Crippen MR) is 95.5 cm³/mol. The van der Waals surface area contributed by atoms with E-state index in [-0.39, 0.29) is 6.04 Å². The third kappa shape index (κ3) is 3.07. The number of hydrogen-bond acceptors (Lipinski definition) is 3. The molecule has 1 atom stereocenters. The number of aryl methyl sites for hydroxylation is 1. The Morgan fingerprint density at radius 3 is 2.95 bits per heavy atom. The zero-order chi connectivity index (χ0) is 15.0. The Kier molecular flexibility index (Phi) is 4.20. The Hall–Kier alpha value is -1.10. The molecule has 2 heterocycles. The Bertz CT molecular complexity index is 800. The summed E-state index contributed by atoms with van der Waals surface area (Å²) in [7, 11) is 0. The van der Waals surface area contributed by atoms with Crippen molar-refractivity contribution in [2.24, 2.45) is 0 Å². The molecular formula is C16H14BrClN2S. The second kappa shape index (κ2) is 5.95. The number of rotatable bonds is 3. The highest BCUT2D eigenvalue weighted by atomic mass is 79.9. The number of halogens is 2. The van der Waals surface area contributed by atoms with Crippen LogP contribution in [-0.4, -0.2) is 4.98 Å². The fourth-order valence-electron chi connectivity index (χ4n) is 2.17. The molecule has 1 N–H and O–H groups in total. The van der Waals surface area contributed by atoms with Crippen molar-refractivity contribution in [3.63, 3.8) is 0 Å². The smallest absolute Gasteiger partial charge is 0.0809 e. The summed E-state index contributed by atoms with van der Waals surface area (Å²) in [6.07, 6.45) is 1.93. The number of thiophene rings is 1. The van der Waals surface area contributed by atoms with Gasteiger partial charge in [0, 0.05) is 15.7 Å². The van der Waals surface area contributed by atoms with Gasteiger partial charge in [-0.15, -0.1) is 11.3 Å². The van der Waals surface area contributed by atoms with Crippen molar-refractivity contribution in [3.8, 4) is 0 Å². The lowest BCUT2D eigenvalue weighted by Gasteiger charge is -2.17. The van der Waals surface area contributed by atoms with Crippen LogP contribution in [0.5, 0.6) is 0 Å². The van der Waals surface area contributed by atoms with E-state index in [9.17, 15) is 0 Å². The average molecular weight is 382 g/mol. The largest absolute Gasteiger partial charge is 0.378 e. The predicted octanol–water partition coefficient (Wildman–Crippen LogP) is 6.19. The Balaban J connectivity index is 1.88. The molecule has 3 aromatic rings. The molecule has 2 nitrogen and oxygen atoms in total. The second-order valence-electron chi connectivity index (χ2n) is 5.02. The van der Waals surface area contributed by atoms with Crippen LogP contribution < -0.4 is 5.32 Å². The Labute approximate surface area is 141 Å². The quantitative estimate of drug-likeness (QED) is 0.584. The Morgan fingerprint density at radius 1 is 1.33 bits per heavy atom. The summed E-state index contributed by atoms with van der Waals surface area (Å²) < 4.78 is 2.23. The van der Waals surface area contributed by atoms with Gasteiger partial charge in [-0.25, -0.2) is 0 Å². The molecule has 0 fully saturated rings. The van der Waals surface area contributed by atoms with Crippen LogP contribution in [0.1, 0.15) is 24.1 Å². The lowest BCUT2D eigenvalue weighted by Crippen LogP contribution is -2.07. The number of hydrogen-bond donors (Lipinski definition) is 1. The van der Waals surface area contributed by atoms with Crippen LogP contribution in [0.2, 0.25) is 5.02 Å².